The fourth-order valence-corrected chi connectivity index (χ4v) is 4.18. The first-order valence-electron chi connectivity index (χ1n) is 6.45. The lowest BCUT2D eigenvalue weighted by molar-refractivity contribution is 0.307. The first-order valence-corrected chi connectivity index (χ1v) is 9.46. The molecule has 0 aromatic carbocycles. The van der Waals surface area contributed by atoms with E-state index in [1.165, 1.54) is 12.3 Å². The van der Waals surface area contributed by atoms with Crippen molar-refractivity contribution in [2.45, 2.75) is 4.90 Å². The molecule has 0 radical (unpaired) electrons. The van der Waals surface area contributed by atoms with Crippen LogP contribution in [0.15, 0.2) is 17.2 Å². The molecule has 1 saturated heterocycles. The van der Waals surface area contributed by atoms with Crippen LogP contribution in [0, 0.1) is 0 Å². The van der Waals surface area contributed by atoms with Crippen molar-refractivity contribution in [3.05, 3.63) is 17.3 Å². The van der Waals surface area contributed by atoms with Gasteiger partial charge in [0.25, 0.3) is 0 Å². The molecular weight excluding hydrogens is 334 g/mol. The second-order valence-corrected chi connectivity index (χ2v) is 7.90. The van der Waals surface area contributed by atoms with E-state index in [4.69, 9.17) is 17.4 Å². The molecule has 0 saturated carbocycles. The molecule has 118 valence electrons. The SMILES string of the molecule is NNc1ncc(S(=O)(=O)NCCN2CCSCC2)cc1Cl. The van der Waals surface area contributed by atoms with E-state index in [1.54, 1.807) is 0 Å². The predicted octanol–water partition coefficient (Wildman–Crippen LogP) is 0.348. The summed E-state index contributed by atoms with van der Waals surface area (Å²) in [6, 6.07) is 1.32. The number of aromatic nitrogens is 1. The third-order valence-electron chi connectivity index (χ3n) is 3.09. The molecule has 7 nitrogen and oxygen atoms in total. The van der Waals surface area contributed by atoms with Crippen LogP contribution in [0.4, 0.5) is 5.82 Å². The van der Waals surface area contributed by atoms with Crippen LogP contribution in [0.3, 0.4) is 0 Å². The average molecular weight is 352 g/mol. The fraction of sp³-hybridized carbons (Fsp3) is 0.545. The van der Waals surface area contributed by atoms with Gasteiger partial charge in [-0.3, -0.25) is 0 Å². The lowest BCUT2D eigenvalue weighted by Gasteiger charge is -2.25. The number of nitrogens with zero attached hydrogens (tertiary/aromatic N) is 2. The summed E-state index contributed by atoms with van der Waals surface area (Å²) in [5.41, 5.74) is 2.29. The van der Waals surface area contributed by atoms with Gasteiger partial charge in [0.2, 0.25) is 10.0 Å². The standard InChI is InChI=1S/C11H18ClN5O2S2/c12-10-7-9(8-14-11(10)16-13)21(18,19)15-1-2-17-3-5-20-6-4-17/h7-8,15H,1-6,13H2,(H,14,16). The topological polar surface area (TPSA) is 100 Å². The van der Waals surface area contributed by atoms with Gasteiger partial charge in [0.15, 0.2) is 5.82 Å². The van der Waals surface area contributed by atoms with Crippen molar-refractivity contribution >= 4 is 39.2 Å². The number of anilines is 1. The molecule has 1 fully saturated rings. The highest BCUT2D eigenvalue weighted by atomic mass is 35.5. The molecule has 0 aliphatic carbocycles. The molecule has 4 N–H and O–H groups in total. The van der Waals surface area contributed by atoms with Crippen molar-refractivity contribution in [3.63, 3.8) is 0 Å². The van der Waals surface area contributed by atoms with E-state index < -0.39 is 10.0 Å². The molecule has 2 rings (SSSR count). The Balaban J connectivity index is 1.93. The van der Waals surface area contributed by atoms with Gasteiger partial charge in [-0.2, -0.15) is 11.8 Å². The van der Waals surface area contributed by atoms with Crippen LogP contribution in [0.1, 0.15) is 0 Å². The van der Waals surface area contributed by atoms with Gasteiger partial charge in [0.05, 0.1) is 5.02 Å². The molecule has 0 amide bonds. The van der Waals surface area contributed by atoms with Crippen LogP contribution >= 0.6 is 23.4 Å². The number of pyridine rings is 1. The molecule has 1 aromatic heterocycles. The van der Waals surface area contributed by atoms with Gasteiger partial charge in [-0.25, -0.2) is 24.0 Å². The maximum absolute atomic E-state index is 12.1. The quantitative estimate of drug-likeness (QED) is 0.502. The second-order valence-electron chi connectivity index (χ2n) is 4.50. The number of halogens is 1. The van der Waals surface area contributed by atoms with Crippen LogP contribution in [-0.2, 0) is 10.0 Å². The molecule has 0 bridgehead atoms. The normalized spacial score (nSPS) is 16.9. The van der Waals surface area contributed by atoms with Crippen molar-refractivity contribution in [2.24, 2.45) is 5.84 Å². The van der Waals surface area contributed by atoms with Gasteiger partial charge in [-0.15, -0.1) is 0 Å². The van der Waals surface area contributed by atoms with Crippen molar-refractivity contribution < 1.29 is 8.42 Å². The minimum absolute atomic E-state index is 0.0284. The first kappa shape index (κ1) is 16.8. The summed E-state index contributed by atoms with van der Waals surface area (Å²) < 4.78 is 26.8. The molecule has 10 heteroatoms. The zero-order valence-corrected chi connectivity index (χ0v) is 13.8. The maximum Gasteiger partial charge on any atom is 0.242 e. The molecular formula is C11H18ClN5O2S2. The number of sulfonamides is 1. The van der Waals surface area contributed by atoms with E-state index in [1.807, 2.05) is 11.8 Å². The van der Waals surface area contributed by atoms with Crippen LogP contribution < -0.4 is 16.0 Å². The highest BCUT2D eigenvalue weighted by Gasteiger charge is 2.17. The van der Waals surface area contributed by atoms with Gasteiger partial charge < -0.3 is 10.3 Å². The largest absolute Gasteiger partial charge is 0.307 e. The number of nitrogen functional groups attached to an aromatic ring is 1. The Morgan fingerprint density at radius 3 is 2.76 bits per heavy atom. The van der Waals surface area contributed by atoms with E-state index in [0.29, 0.717) is 13.1 Å². The summed E-state index contributed by atoms with van der Waals surface area (Å²) in [5.74, 6) is 7.63. The number of thioether (sulfide) groups is 1. The number of rotatable bonds is 6. The predicted molar refractivity (Wildman–Crippen MR) is 86.0 cm³/mol. The number of nitrogens with two attached hydrogens (primary N) is 1. The molecule has 1 aliphatic heterocycles. The number of hydrogen-bond acceptors (Lipinski definition) is 7. The molecule has 2 heterocycles. The fourth-order valence-electron chi connectivity index (χ4n) is 1.92. The maximum atomic E-state index is 12.1. The Morgan fingerprint density at radius 1 is 1.43 bits per heavy atom. The summed E-state index contributed by atoms with van der Waals surface area (Å²) in [6.07, 6.45) is 1.22. The second kappa shape index (κ2) is 7.61. The van der Waals surface area contributed by atoms with Gasteiger partial charge in [0.1, 0.15) is 4.90 Å². The number of hydrogen-bond donors (Lipinski definition) is 3. The molecule has 0 unspecified atom stereocenters. The summed E-state index contributed by atoms with van der Waals surface area (Å²) in [4.78, 5) is 6.13. The van der Waals surface area contributed by atoms with E-state index in [0.717, 1.165) is 24.6 Å². The van der Waals surface area contributed by atoms with Gasteiger partial charge >= 0.3 is 0 Å². The van der Waals surface area contributed by atoms with Gasteiger partial charge in [-0.05, 0) is 6.07 Å². The van der Waals surface area contributed by atoms with Crippen molar-refractivity contribution in [2.75, 3.05) is 43.1 Å². The van der Waals surface area contributed by atoms with Crippen molar-refractivity contribution in [3.8, 4) is 0 Å². The van der Waals surface area contributed by atoms with Crippen LogP contribution in [0.5, 0.6) is 0 Å². The van der Waals surface area contributed by atoms with Gasteiger partial charge in [0, 0.05) is 43.9 Å². The summed E-state index contributed by atoms with van der Waals surface area (Å²) >= 11 is 7.80. The zero-order chi connectivity index (χ0) is 15.3. The third-order valence-corrected chi connectivity index (χ3v) is 5.75. The number of nitrogens with one attached hydrogen (secondary N) is 2. The molecule has 1 aliphatic rings. The van der Waals surface area contributed by atoms with Crippen LogP contribution in [0.2, 0.25) is 5.02 Å². The Morgan fingerprint density at radius 2 is 2.14 bits per heavy atom. The molecule has 1 aromatic rings. The Labute approximate surface area is 133 Å². The van der Waals surface area contributed by atoms with E-state index in [9.17, 15) is 8.42 Å². The smallest absolute Gasteiger partial charge is 0.242 e. The molecule has 0 atom stereocenters. The minimum Gasteiger partial charge on any atom is -0.307 e. The summed E-state index contributed by atoms with van der Waals surface area (Å²) in [5, 5.41) is 0.161. The third kappa shape index (κ3) is 4.70. The van der Waals surface area contributed by atoms with Crippen LogP contribution in [-0.4, -0.2) is 56.0 Å². The molecule has 0 spiro atoms. The zero-order valence-electron chi connectivity index (χ0n) is 11.4. The summed E-state index contributed by atoms with van der Waals surface area (Å²) in [7, 11) is -3.61. The monoisotopic (exact) mass is 351 g/mol. The van der Waals surface area contributed by atoms with Crippen molar-refractivity contribution in [1.29, 1.82) is 0 Å². The minimum atomic E-state index is -3.61. The lowest BCUT2D eigenvalue weighted by Crippen LogP contribution is -2.39. The summed E-state index contributed by atoms with van der Waals surface area (Å²) in [6.45, 7) is 3.05. The highest BCUT2D eigenvalue weighted by Crippen LogP contribution is 2.21. The van der Waals surface area contributed by atoms with Crippen LogP contribution in [0.25, 0.3) is 0 Å². The van der Waals surface area contributed by atoms with E-state index >= 15 is 0 Å². The Kier molecular flexibility index (Phi) is 6.08. The Bertz CT molecular complexity index is 578. The van der Waals surface area contributed by atoms with E-state index in [-0.39, 0.29) is 15.7 Å². The first-order chi connectivity index (χ1) is 10.0. The van der Waals surface area contributed by atoms with Crippen molar-refractivity contribution in [1.82, 2.24) is 14.6 Å². The number of hydrazine groups is 1. The van der Waals surface area contributed by atoms with E-state index in [2.05, 4.69) is 20.0 Å². The molecule has 21 heavy (non-hydrogen) atoms. The van der Waals surface area contributed by atoms with Gasteiger partial charge in [-0.1, -0.05) is 11.6 Å². The lowest BCUT2D eigenvalue weighted by atomic mass is 10.4. The Hall–Kier alpha value is -0.580. The average Bonchev–Trinajstić information content (AvgIpc) is 2.48. The highest BCUT2D eigenvalue weighted by molar-refractivity contribution is 7.99.